The molecule has 1 fully saturated rings. The van der Waals surface area contributed by atoms with Crippen molar-refractivity contribution in [3.8, 4) is 17.4 Å². The predicted octanol–water partition coefficient (Wildman–Crippen LogP) is 4.65. The standard InChI is InChI=1S/C20H25N3O3/c1-14-8-10-17(18(12-14)25-2)26-19-11-9-16(13-21-19)23-20(24)22-15-6-4-3-5-7-15/h8-13,15H,3-7H2,1-2H3,(H2,22,23,24). The lowest BCUT2D eigenvalue weighted by Gasteiger charge is -2.22. The number of pyridine rings is 1. The zero-order valence-corrected chi connectivity index (χ0v) is 15.2. The van der Waals surface area contributed by atoms with Crippen molar-refractivity contribution in [3.05, 3.63) is 42.1 Å². The molecule has 6 nitrogen and oxygen atoms in total. The summed E-state index contributed by atoms with van der Waals surface area (Å²) in [4.78, 5) is 16.3. The summed E-state index contributed by atoms with van der Waals surface area (Å²) in [6.07, 6.45) is 7.31. The number of hydrogen-bond donors (Lipinski definition) is 2. The molecule has 138 valence electrons. The second kappa shape index (κ2) is 8.56. The van der Waals surface area contributed by atoms with Gasteiger partial charge in [-0.2, -0.15) is 0 Å². The van der Waals surface area contributed by atoms with Gasteiger partial charge in [0.1, 0.15) is 0 Å². The fourth-order valence-corrected chi connectivity index (χ4v) is 3.09. The van der Waals surface area contributed by atoms with E-state index in [1.54, 1.807) is 25.4 Å². The topological polar surface area (TPSA) is 72.5 Å². The maximum Gasteiger partial charge on any atom is 0.319 e. The van der Waals surface area contributed by atoms with Crippen LogP contribution in [0.1, 0.15) is 37.7 Å². The maximum absolute atomic E-state index is 12.1. The normalized spacial score (nSPS) is 14.5. The largest absolute Gasteiger partial charge is 0.493 e. The zero-order valence-electron chi connectivity index (χ0n) is 15.2. The van der Waals surface area contributed by atoms with Crippen LogP contribution in [0.4, 0.5) is 10.5 Å². The molecule has 0 atom stereocenters. The fraction of sp³-hybridized carbons (Fsp3) is 0.400. The first kappa shape index (κ1) is 18.0. The molecule has 26 heavy (non-hydrogen) atoms. The van der Waals surface area contributed by atoms with E-state index in [4.69, 9.17) is 9.47 Å². The van der Waals surface area contributed by atoms with E-state index in [1.807, 2.05) is 25.1 Å². The lowest BCUT2D eigenvalue weighted by Crippen LogP contribution is -2.39. The van der Waals surface area contributed by atoms with Gasteiger partial charge in [-0.25, -0.2) is 9.78 Å². The molecule has 0 saturated heterocycles. The van der Waals surface area contributed by atoms with Crippen molar-refractivity contribution in [2.45, 2.75) is 45.1 Å². The summed E-state index contributed by atoms with van der Waals surface area (Å²) >= 11 is 0. The van der Waals surface area contributed by atoms with Crippen LogP contribution in [-0.4, -0.2) is 24.2 Å². The highest BCUT2D eigenvalue weighted by Crippen LogP contribution is 2.31. The number of aromatic nitrogens is 1. The molecule has 0 unspecified atom stereocenters. The Kier molecular flexibility index (Phi) is 5.94. The third-order valence-corrected chi connectivity index (χ3v) is 4.47. The first-order chi connectivity index (χ1) is 12.6. The molecule has 1 heterocycles. The van der Waals surface area contributed by atoms with Crippen molar-refractivity contribution >= 4 is 11.7 Å². The number of urea groups is 1. The fourth-order valence-electron chi connectivity index (χ4n) is 3.09. The minimum atomic E-state index is -0.187. The number of carbonyl (C=O) groups excluding carboxylic acids is 1. The molecule has 6 heteroatoms. The number of nitrogens with one attached hydrogen (secondary N) is 2. The van der Waals surface area contributed by atoms with E-state index in [1.165, 1.54) is 19.3 Å². The second-order valence-corrected chi connectivity index (χ2v) is 6.57. The van der Waals surface area contributed by atoms with Gasteiger partial charge in [-0.1, -0.05) is 25.3 Å². The van der Waals surface area contributed by atoms with Crippen molar-refractivity contribution < 1.29 is 14.3 Å². The van der Waals surface area contributed by atoms with Crippen LogP contribution in [0.3, 0.4) is 0 Å². The third kappa shape index (κ3) is 4.88. The van der Waals surface area contributed by atoms with Gasteiger partial charge in [-0.15, -0.1) is 0 Å². The van der Waals surface area contributed by atoms with Crippen molar-refractivity contribution in [1.29, 1.82) is 0 Å². The van der Waals surface area contributed by atoms with E-state index in [-0.39, 0.29) is 12.1 Å². The van der Waals surface area contributed by atoms with E-state index < -0.39 is 0 Å². The highest BCUT2D eigenvalue weighted by atomic mass is 16.5. The first-order valence-electron chi connectivity index (χ1n) is 9.00. The Labute approximate surface area is 153 Å². The van der Waals surface area contributed by atoms with E-state index in [9.17, 15) is 4.79 Å². The number of aryl methyl sites for hydroxylation is 1. The molecular formula is C20H25N3O3. The number of hydrogen-bond acceptors (Lipinski definition) is 4. The van der Waals surface area contributed by atoms with Crippen molar-refractivity contribution in [1.82, 2.24) is 10.3 Å². The number of anilines is 1. The Morgan fingerprint density at radius 3 is 2.62 bits per heavy atom. The summed E-state index contributed by atoms with van der Waals surface area (Å²) in [5.74, 6) is 1.69. The van der Waals surface area contributed by atoms with Crippen molar-refractivity contribution in [2.24, 2.45) is 0 Å². The van der Waals surface area contributed by atoms with Crippen LogP contribution in [0.2, 0.25) is 0 Å². The minimum absolute atomic E-state index is 0.187. The van der Waals surface area contributed by atoms with E-state index in [2.05, 4.69) is 15.6 Å². The van der Waals surface area contributed by atoms with E-state index >= 15 is 0 Å². The van der Waals surface area contributed by atoms with Gasteiger partial charge in [0, 0.05) is 12.1 Å². The third-order valence-electron chi connectivity index (χ3n) is 4.47. The van der Waals surface area contributed by atoms with E-state index in [0.717, 1.165) is 18.4 Å². The molecule has 2 aromatic rings. The van der Waals surface area contributed by atoms with Gasteiger partial charge in [-0.05, 0) is 43.5 Å². The smallest absolute Gasteiger partial charge is 0.319 e. The Hall–Kier alpha value is -2.76. The molecule has 0 aliphatic heterocycles. The molecule has 0 bridgehead atoms. The van der Waals surface area contributed by atoms with Gasteiger partial charge < -0.3 is 20.1 Å². The van der Waals surface area contributed by atoms with Crippen LogP contribution in [-0.2, 0) is 0 Å². The number of amides is 2. The summed E-state index contributed by atoms with van der Waals surface area (Å²) in [6, 6.07) is 9.27. The lowest BCUT2D eigenvalue weighted by atomic mass is 9.96. The summed E-state index contributed by atoms with van der Waals surface area (Å²) in [5.41, 5.74) is 1.72. The number of methoxy groups -OCH3 is 1. The van der Waals surface area contributed by atoms with Gasteiger partial charge in [0.25, 0.3) is 0 Å². The van der Waals surface area contributed by atoms with Gasteiger partial charge >= 0.3 is 6.03 Å². The van der Waals surface area contributed by atoms with Gasteiger partial charge in [0.05, 0.1) is 19.0 Å². The van der Waals surface area contributed by atoms with Crippen LogP contribution >= 0.6 is 0 Å². The van der Waals surface area contributed by atoms with Gasteiger partial charge in [-0.3, -0.25) is 0 Å². The molecule has 1 aromatic carbocycles. The number of ether oxygens (including phenoxy) is 2. The average Bonchev–Trinajstić information content (AvgIpc) is 2.65. The Morgan fingerprint density at radius 1 is 1.12 bits per heavy atom. The van der Waals surface area contributed by atoms with Crippen LogP contribution in [0.25, 0.3) is 0 Å². The summed E-state index contributed by atoms with van der Waals surface area (Å²) < 4.78 is 11.1. The van der Waals surface area contributed by atoms with Crippen LogP contribution in [0.15, 0.2) is 36.5 Å². The quantitative estimate of drug-likeness (QED) is 0.819. The zero-order chi connectivity index (χ0) is 18.4. The average molecular weight is 355 g/mol. The molecule has 1 aliphatic carbocycles. The number of carbonyl (C=O) groups is 1. The van der Waals surface area contributed by atoms with Crippen molar-refractivity contribution in [3.63, 3.8) is 0 Å². The van der Waals surface area contributed by atoms with Crippen LogP contribution in [0.5, 0.6) is 17.4 Å². The second-order valence-electron chi connectivity index (χ2n) is 6.57. The molecule has 1 saturated carbocycles. The molecular weight excluding hydrogens is 330 g/mol. The summed E-state index contributed by atoms with van der Waals surface area (Å²) in [6.45, 7) is 1.99. The van der Waals surface area contributed by atoms with Crippen LogP contribution < -0.4 is 20.1 Å². The predicted molar refractivity (Wildman–Crippen MR) is 101 cm³/mol. The highest BCUT2D eigenvalue weighted by Gasteiger charge is 2.15. The Bertz CT molecular complexity index is 740. The first-order valence-corrected chi connectivity index (χ1v) is 9.00. The molecule has 1 aliphatic rings. The number of nitrogens with zero attached hydrogens (tertiary/aromatic N) is 1. The van der Waals surface area contributed by atoms with Crippen LogP contribution in [0, 0.1) is 6.92 Å². The minimum Gasteiger partial charge on any atom is -0.493 e. The monoisotopic (exact) mass is 355 g/mol. The van der Waals surface area contributed by atoms with E-state index in [0.29, 0.717) is 23.1 Å². The molecule has 3 rings (SSSR count). The molecule has 0 spiro atoms. The Balaban J connectivity index is 1.57. The lowest BCUT2D eigenvalue weighted by molar-refractivity contribution is 0.244. The molecule has 2 amide bonds. The van der Waals surface area contributed by atoms with Gasteiger partial charge in [0.15, 0.2) is 11.5 Å². The maximum atomic E-state index is 12.1. The number of rotatable bonds is 5. The van der Waals surface area contributed by atoms with Gasteiger partial charge in [0.2, 0.25) is 5.88 Å². The highest BCUT2D eigenvalue weighted by molar-refractivity contribution is 5.89. The SMILES string of the molecule is COc1cc(C)ccc1Oc1ccc(NC(=O)NC2CCCCC2)cn1. The molecule has 2 N–H and O–H groups in total. The molecule has 0 radical (unpaired) electrons. The van der Waals surface area contributed by atoms with Crippen molar-refractivity contribution in [2.75, 3.05) is 12.4 Å². The summed E-state index contributed by atoms with van der Waals surface area (Å²) in [5, 5.41) is 5.83. The summed E-state index contributed by atoms with van der Waals surface area (Å²) in [7, 11) is 1.60. The Morgan fingerprint density at radius 2 is 1.92 bits per heavy atom. The molecule has 1 aromatic heterocycles. The number of benzene rings is 1.